The molecule has 1 aromatic carbocycles. The van der Waals surface area contributed by atoms with E-state index in [4.69, 9.17) is 0 Å². The molecule has 0 bridgehead atoms. The van der Waals surface area contributed by atoms with Gasteiger partial charge in [0.05, 0.1) is 0 Å². The van der Waals surface area contributed by atoms with Crippen molar-refractivity contribution in [2.45, 2.75) is 0 Å². The van der Waals surface area contributed by atoms with Crippen molar-refractivity contribution >= 4 is 10.9 Å². The predicted molar refractivity (Wildman–Crippen MR) is 43.4 cm³/mol. The third-order valence-corrected chi connectivity index (χ3v) is 1.61. The standard InChI is InChI=1S/C9H7NO.Mo/c11-8-5-1-3-7-4-2-6-10-9(7)8;/h1-6,11H;. The summed E-state index contributed by atoms with van der Waals surface area (Å²) in [6.07, 6.45) is 1.67. The molecule has 0 unspecified atom stereocenters. The summed E-state index contributed by atoms with van der Waals surface area (Å²) in [5, 5.41) is 10.3. The monoisotopic (exact) mass is 243 g/mol. The van der Waals surface area contributed by atoms with Gasteiger partial charge in [0, 0.05) is 32.6 Å². The number of benzene rings is 1. The molecule has 1 N–H and O–H groups in total. The Bertz CT molecular complexity index is 384. The molecule has 0 saturated heterocycles. The molecule has 1 heterocycles. The fraction of sp³-hybridized carbons (Fsp3) is 0. The maximum Gasteiger partial charge on any atom is 0.141 e. The molecule has 0 amide bonds. The minimum atomic E-state index is 0. The van der Waals surface area contributed by atoms with E-state index < -0.39 is 0 Å². The van der Waals surface area contributed by atoms with Gasteiger partial charge in [0.25, 0.3) is 0 Å². The zero-order chi connectivity index (χ0) is 7.68. The van der Waals surface area contributed by atoms with Crippen molar-refractivity contribution in [1.29, 1.82) is 0 Å². The van der Waals surface area contributed by atoms with Gasteiger partial charge in [0.2, 0.25) is 0 Å². The molecule has 1 aromatic heterocycles. The summed E-state index contributed by atoms with van der Waals surface area (Å²) in [6, 6.07) is 9.13. The van der Waals surface area contributed by atoms with Gasteiger partial charge in [-0.3, -0.25) is 4.98 Å². The van der Waals surface area contributed by atoms with Gasteiger partial charge in [0.1, 0.15) is 11.3 Å². The van der Waals surface area contributed by atoms with Crippen molar-refractivity contribution in [3.63, 3.8) is 0 Å². The molecule has 0 aliphatic heterocycles. The summed E-state index contributed by atoms with van der Waals surface area (Å²) in [4.78, 5) is 4.03. The zero-order valence-corrected chi connectivity index (χ0v) is 8.27. The Hall–Kier alpha value is -0.882. The van der Waals surface area contributed by atoms with Crippen LogP contribution in [0.3, 0.4) is 0 Å². The molecule has 0 spiro atoms. The molecule has 0 atom stereocenters. The molecule has 12 heavy (non-hydrogen) atoms. The van der Waals surface area contributed by atoms with Gasteiger partial charge in [-0.05, 0) is 12.1 Å². The van der Waals surface area contributed by atoms with Crippen molar-refractivity contribution in [2.75, 3.05) is 0 Å². The smallest absolute Gasteiger partial charge is 0.141 e. The number of hydrogen-bond donors (Lipinski definition) is 1. The van der Waals surface area contributed by atoms with Crippen molar-refractivity contribution in [1.82, 2.24) is 4.98 Å². The van der Waals surface area contributed by atoms with Crippen LogP contribution in [-0.4, -0.2) is 10.1 Å². The first-order chi connectivity index (χ1) is 5.38. The van der Waals surface area contributed by atoms with E-state index in [0.717, 1.165) is 5.39 Å². The molecular formula is C9H7MoNO. The van der Waals surface area contributed by atoms with Crippen LogP contribution in [-0.2, 0) is 21.1 Å². The summed E-state index contributed by atoms with van der Waals surface area (Å²) >= 11 is 0. The molecule has 2 nitrogen and oxygen atoms in total. The summed E-state index contributed by atoms with van der Waals surface area (Å²) in [7, 11) is 0. The van der Waals surface area contributed by atoms with E-state index in [1.165, 1.54) is 0 Å². The van der Waals surface area contributed by atoms with E-state index in [-0.39, 0.29) is 26.8 Å². The molecule has 2 rings (SSSR count). The number of fused-ring (bicyclic) bond motifs is 1. The zero-order valence-electron chi connectivity index (χ0n) is 6.27. The predicted octanol–water partition coefficient (Wildman–Crippen LogP) is 1.94. The number of nitrogens with zero attached hydrogens (tertiary/aromatic N) is 1. The van der Waals surface area contributed by atoms with Crippen molar-refractivity contribution in [2.24, 2.45) is 0 Å². The van der Waals surface area contributed by atoms with Crippen LogP contribution in [0.4, 0.5) is 0 Å². The number of para-hydroxylation sites is 1. The van der Waals surface area contributed by atoms with Gasteiger partial charge in [-0.1, -0.05) is 18.2 Å². The molecule has 0 fully saturated rings. The Balaban J connectivity index is 0.000000720. The molecule has 3 heteroatoms. The first-order valence-electron chi connectivity index (χ1n) is 3.40. The van der Waals surface area contributed by atoms with Crippen molar-refractivity contribution in [3.05, 3.63) is 36.5 Å². The molecular weight excluding hydrogens is 234 g/mol. The maximum atomic E-state index is 9.31. The van der Waals surface area contributed by atoms with Crippen molar-refractivity contribution < 1.29 is 26.2 Å². The van der Waals surface area contributed by atoms with Crippen LogP contribution in [0.1, 0.15) is 0 Å². The largest absolute Gasteiger partial charge is 0.506 e. The SMILES string of the molecule is Oc1cccc2cccnc12.[Mo]. The summed E-state index contributed by atoms with van der Waals surface area (Å²) in [5.41, 5.74) is 0.662. The molecule has 0 aliphatic rings. The second-order valence-electron chi connectivity index (χ2n) is 2.35. The van der Waals surface area contributed by atoms with Crippen LogP contribution in [0.5, 0.6) is 5.75 Å². The van der Waals surface area contributed by atoms with E-state index in [2.05, 4.69) is 4.98 Å². The second-order valence-corrected chi connectivity index (χ2v) is 2.35. The topological polar surface area (TPSA) is 33.1 Å². The van der Waals surface area contributed by atoms with Crippen LogP contribution in [0.2, 0.25) is 0 Å². The number of hydrogen-bond acceptors (Lipinski definition) is 2. The number of phenols is 1. The van der Waals surface area contributed by atoms with Crippen LogP contribution in [0, 0.1) is 0 Å². The average Bonchev–Trinajstić information content (AvgIpc) is 2.06. The van der Waals surface area contributed by atoms with E-state index in [1.807, 2.05) is 18.2 Å². The van der Waals surface area contributed by atoms with Gasteiger partial charge < -0.3 is 5.11 Å². The van der Waals surface area contributed by atoms with E-state index in [0.29, 0.717) is 5.52 Å². The van der Waals surface area contributed by atoms with E-state index in [9.17, 15) is 5.11 Å². The summed E-state index contributed by atoms with van der Waals surface area (Å²) < 4.78 is 0. The Morgan fingerprint density at radius 1 is 1.08 bits per heavy atom. The van der Waals surface area contributed by atoms with E-state index >= 15 is 0 Å². The summed E-state index contributed by atoms with van der Waals surface area (Å²) in [6.45, 7) is 0. The Labute approximate surface area is 84.5 Å². The van der Waals surface area contributed by atoms with Crippen LogP contribution in [0.25, 0.3) is 10.9 Å². The van der Waals surface area contributed by atoms with Gasteiger partial charge in [0.15, 0.2) is 0 Å². The van der Waals surface area contributed by atoms with Gasteiger partial charge in [-0.25, -0.2) is 0 Å². The van der Waals surface area contributed by atoms with Crippen LogP contribution in [0.15, 0.2) is 36.5 Å². The van der Waals surface area contributed by atoms with Gasteiger partial charge in [-0.2, -0.15) is 0 Å². The minimum absolute atomic E-state index is 0. The van der Waals surface area contributed by atoms with Gasteiger partial charge >= 0.3 is 0 Å². The van der Waals surface area contributed by atoms with Crippen LogP contribution >= 0.6 is 0 Å². The maximum absolute atomic E-state index is 9.31. The van der Waals surface area contributed by atoms with Gasteiger partial charge in [-0.15, -0.1) is 0 Å². The summed E-state index contributed by atoms with van der Waals surface area (Å²) in [5.74, 6) is 0.239. The number of aromatic hydroxyl groups is 1. The Morgan fingerprint density at radius 2 is 1.83 bits per heavy atom. The minimum Gasteiger partial charge on any atom is -0.506 e. The first-order valence-corrected chi connectivity index (χ1v) is 3.40. The van der Waals surface area contributed by atoms with Crippen molar-refractivity contribution in [3.8, 4) is 5.75 Å². The molecule has 2 aromatic rings. The number of phenolic OH excluding ortho intramolecular Hbond substituents is 1. The quantitative estimate of drug-likeness (QED) is 0.715. The fourth-order valence-corrected chi connectivity index (χ4v) is 1.09. The normalized spacial score (nSPS) is 9.33. The first kappa shape index (κ1) is 9.21. The molecule has 0 aliphatic carbocycles. The second kappa shape index (κ2) is 3.68. The third-order valence-electron chi connectivity index (χ3n) is 1.61. The number of aromatic nitrogens is 1. The molecule has 60 valence electrons. The number of rotatable bonds is 0. The average molecular weight is 241 g/mol. The Kier molecular flexibility index (Phi) is 2.82. The third kappa shape index (κ3) is 1.48. The molecule has 0 radical (unpaired) electrons. The fourth-order valence-electron chi connectivity index (χ4n) is 1.09. The number of pyridine rings is 1. The van der Waals surface area contributed by atoms with Crippen LogP contribution < -0.4 is 0 Å². The molecule has 0 saturated carbocycles. The van der Waals surface area contributed by atoms with E-state index in [1.54, 1.807) is 18.3 Å². The Morgan fingerprint density at radius 3 is 2.58 bits per heavy atom.